The van der Waals surface area contributed by atoms with Gasteiger partial charge in [-0.15, -0.1) is 0 Å². The average Bonchev–Trinajstić information content (AvgIpc) is 2.62. The molecule has 148 valence electrons. The van der Waals surface area contributed by atoms with Crippen LogP contribution in [0.2, 0.25) is 0 Å². The van der Waals surface area contributed by atoms with Gasteiger partial charge in [-0.25, -0.2) is 4.98 Å². The number of aromatic nitrogens is 2. The highest BCUT2D eigenvalue weighted by atomic mass is 32.1. The second-order valence-electron chi connectivity index (χ2n) is 6.00. The lowest BCUT2D eigenvalue weighted by molar-refractivity contribution is -0.114. The Hall–Kier alpha value is -2.32. The van der Waals surface area contributed by atoms with Gasteiger partial charge in [-0.05, 0) is 18.4 Å². The van der Waals surface area contributed by atoms with Crippen molar-refractivity contribution in [2.45, 2.75) is 45.8 Å². The van der Waals surface area contributed by atoms with Gasteiger partial charge in [-0.3, -0.25) is 10.1 Å². The van der Waals surface area contributed by atoms with Crippen molar-refractivity contribution in [2.24, 2.45) is 0 Å². The Bertz CT molecular complexity index is 695. The van der Waals surface area contributed by atoms with Crippen molar-refractivity contribution in [1.29, 1.82) is 0 Å². The van der Waals surface area contributed by atoms with Crippen molar-refractivity contribution in [3.8, 4) is 5.75 Å². The van der Waals surface area contributed by atoms with E-state index in [0.717, 1.165) is 18.4 Å². The van der Waals surface area contributed by atoms with Crippen molar-refractivity contribution in [2.75, 3.05) is 17.2 Å². The van der Waals surface area contributed by atoms with E-state index in [9.17, 15) is 9.90 Å². The molecule has 2 aromatic rings. The lowest BCUT2D eigenvalue weighted by atomic mass is 10.1. The van der Waals surface area contributed by atoms with E-state index in [1.54, 1.807) is 6.20 Å². The molecule has 27 heavy (non-hydrogen) atoms. The molecule has 1 amide bonds. The van der Waals surface area contributed by atoms with Crippen LogP contribution in [0, 0.1) is 0 Å². The molecule has 0 radical (unpaired) electrons. The van der Waals surface area contributed by atoms with Gasteiger partial charge < -0.3 is 15.2 Å². The number of ether oxygens (including phenoxy) is 1. The van der Waals surface area contributed by atoms with Crippen molar-refractivity contribution < 1.29 is 14.6 Å². The van der Waals surface area contributed by atoms with Crippen molar-refractivity contribution in [1.82, 2.24) is 9.97 Å². The Kier molecular flexibility index (Phi) is 10.2. The fourth-order valence-electron chi connectivity index (χ4n) is 2.52. The van der Waals surface area contributed by atoms with Gasteiger partial charge in [-0.2, -0.15) is 18.5 Å². The van der Waals surface area contributed by atoms with Crippen LogP contribution < -0.4 is 15.4 Å². The van der Waals surface area contributed by atoms with E-state index in [1.165, 1.54) is 6.92 Å². The number of carbonyl (C=O) groups is 1. The summed E-state index contributed by atoms with van der Waals surface area (Å²) in [6, 6.07) is 9.87. The predicted octanol–water partition coefficient (Wildman–Crippen LogP) is 3.09. The Morgan fingerprint density at radius 3 is 2.63 bits per heavy atom. The highest BCUT2D eigenvalue weighted by Gasteiger charge is 2.14. The van der Waals surface area contributed by atoms with Crippen LogP contribution in [-0.4, -0.2) is 33.6 Å². The number of nitrogens with zero attached hydrogens (tertiary/aromatic N) is 2. The fraction of sp³-hybridized carbons (Fsp3) is 0.421. The molecule has 1 atom stereocenters. The summed E-state index contributed by atoms with van der Waals surface area (Å²) in [5.74, 6) is 0.981. The minimum absolute atomic E-state index is 0. The second kappa shape index (κ2) is 12.1. The smallest absolute Gasteiger partial charge is 0.231 e. The number of aliphatic hydroxyl groups excluding tert-OH is 1. The first-order valence-electron chi connectivity index (χ1n) is 8.81. The summed E-state index contributed by atoms with van der Waals surface area (Å²) < 4.78 is 5.88. The number of amides is 1. The first-order valence-corrected chi connectivity index (χ1v) is 8.81. The molecule has 1 aromatic heterocycles. The number of benzene rings is 1. The molecule has 0 spiro atoms. The van der Waals surface area contributed by atoms with Crippen LogP contribution in [0.15, 0.2) is 36.5 Å². The van der Waals surface area contributed by atoms with E-state index in [4.69, 9.17) is 4.74 Å². The van der Waals surface area contributed by atoms with E-state index in [1.807, 2.05) is 30.3 Å². The Morgan fingerprint density at radius 2 is 2.00 bits per heavy atom. The van der Waals surface area contributed by atoms with E-state index in [-0.39, 0.29) is 38.0 Å². The summed E-state index contributed by atoms with van der Waals surface area (Å²) >= 11 is 0. The molecule has 0 aliphatic rings. The number of anilines is 2. The van der Waals surface area contributed by atoms with Crippen LogP contribution >= 0.6 is 13.5 Å². The zero-order valence-electron chi connectivity index (χ0n) is 15.7. The molecule has 3 N–H and O–H groups in total. The first kappa shape index (κ1) is 22.7. The van der Waals surface area contributed by atoms with Crippen molar-refractivity contribution in [3.63, 3.8) is 0 Å². The maximum atomic E-state index is 11.3. The molecule has 0 saturated heterocycles. The predicted molar refractivity (Wildman–Crippen MR) is 112 cm³/mol. The van der Waals surface area contributed by atoms with Gasteiger partial charge in [-0.1, -0.05) is 43.7 Å². The van der Waals surface area contributed by atoms with Gasteiger partial charge in [0.1, 0.15) is 6.61 Å². The Balaban J connectivity index is 0.00000364. The van der Waals surface area contributed by atoms with Gasteiger partial charge in [0.2, 0.25) is 11.9 Å². The number of nitrogens with one attached hydrogen (secondary N) is 2. The maximum Gasteiger partial charge on any atom is 0.231 e. The number of aliphatic hydroxyl groups is 1. The van der Waals surface area contributed by atoms with Crippen LogP contribution in [0.3, 0.4) is 0 Å². The number of carbonyl (C=O) groups excluding carboxylic acids is 1. The number of rotatable bonds is 10. The third-order valence-electron chi connectivity index (χ3n) is 3.74. The maximum absolute atomic E-state index is 11.3. The third kappa shape index (κ3) is 7.84. The van der Waals surface area contributed by atoms with Gasteiger partial charge in [0.05, 0.1) is 6.20 Å². The van der Waals surface area contributed by atoms with Crippen molar-refractivity contribution in [3.05, 3.63) is 42.1 Å². The molecular weight excluding hydrogens is 364 g/mol. The largest absolute Gasteiger partial charge is 0.483 e. The summed E-state index contributed by atoms with van der Waals surface area (Å²) in [6.07, 6.45) is 4.01. The average molecular weight is 393 g/mol. The van der Waals surface area contributed by atoms with Crippen LogP contribution in [0.25, 0.3) is 0 Å². The van der Waals surface area contributed by atoms with Gasteiger partial charge in [0.25, 0.3) is 0 Å². The summed E-state index contributed by atoms with van der Waals surface area (Å²) in [5.41, 5.74) is 1.03. The normalized spacial score (nSPS) is 11.2. The molecule has 1 heterocycles. The molecule has 8 heteroatoms. The zero-order chi connectivity index (χ0) is 18.8. The molecule has 0 bridgehead atoms. The minimum atomic E-state index is -0.241. The molecular formula is C19H28N4O3S. The highest BCUT2D eigenvalue weighted by molar-refractivity contribution is 7.59. The van der Waals surface area contributed by atoms with Crippen LogP contribution in [0.4, 0.5) is 11.8 Å². The van der Waals surface area contributed by atoms with Gasteiger partial charge >= 0.3 is 0 Å². The van der Waals surface area contributed by atoms with E-state index in [2.05, 4.69) is 27.5 Å². The molecule has 7 nitrogen and oxygen atoms in total. The molecule has 0 aliphatic heterocycles. The first-order chi connectivity index (χ1) is 12.6. The highest BCUT2D eigenvalue weighted by Crippen LogP contribution is 2.25. The van der Waals surface area contributed by atoms with Crippen LogP contribution in [0.1, 0.15) is 38.7 Å². The molecule has 2 rings (SSSR count). The van der Waals surface area contributed by atoms with Crippen molar-refractivity contribution >= 4 is 31.2 Å². The summed E-state index contributed by atoms with van der Waals surface area (Å²) in [4.78, 5) is 19.8. The zero-order valence-corrected chi connectivity index (χ0v) is 16.7. The van der Waals surface area contributed by atoms with E-state index >= 15 is 0 Å². The molecule has 0 saturated carbocycles. The Morgan fingerprint density at radius 1 is 1.26 bits per heavy atom. The van der Waals surface area contributed by atoms with Crippen LogP contribution in [0.5, 0.6) is 5.75 Å². The molecule has 0 aliphatic carbocycles. The number of hydrogen-bond donors (Lipinski definition) is 3. The molecule has 0 unspecified atom stereocenters. The molecule has 1 aromatic carbocycles. The summed E-state index contributed by atoms with van der Waals surface area (Å²) in [7, 11) is 0. The third-order valence-corrected chi connectivity index (χ3v) is 3.74. The summed E-state index contributed by atoms with van der Waals surface area (Å²) in [5, 5.41) is 15.2. The van der Waals surface area contributed by atoms with Gasteiger partial charge in [0.15, 0.2) is 11.6 Å². The minimum Gasteiger partial charge on any atom is -0.483 e. The monoisotopic (exact) mass is 392 g/mol. The molecule has 0 fully saturated rings. The number of hydrogen-bond acceptors (Lipinski definition) is 6. The lowest BCUT2D eigenvalue weighted by Crippen LogP contribution is -2.22. The van der Waals surface area contributed by atoms with Crippen LogP contribution in [-0.2, 0) is 11.4 Å². The lowest BCUT2D eigenvalue weighted by Gasteiger charge is -2.20. The topological polar surface area (TPSA) is 96.4 Å². The van der Waals surface area contributed by atoms with E-state index < -0.39 is 0 Å². The quantitative estimate of drug-likeness (QED) is 0.575. The van der Waals surface area contributed by atoms with E-state index in [0.29, 0.717) is 24.6 Å². The standard InChI is InChI=1S/C19H26N4O3.H2S/c1-3-7-16(10-11-24)22-18-17(12-20-19(23-18)21-14(2)25)26-13-15-8-5-4-6-9-15;/h4-6,8-9,12,16,24H,3,7,10-11,13H2,1-2H3,(H2,20,21,22,23,25);1H2/t16-;/m0./s1. The SMILES string of the molecule is CCC[C@@H](CCO)Nc1nc(NC(C)=O)ncc1OCc1ccccc1.S. The van der Waals surface area contributed by atoms with Gasteiger partial charge in [0, 0.05) is 19.6 Å². The Labute approximate surface area is 167 Å². The second-order valence-corrected chi connectivity index (χ2v) is 6.00. The summed E-state index contributed by atoms with van der Waals surface area (Å²) in [6.45, 7) is 3.96. The fourth-order valence-corrected chi connectivity index (χ4v) is 2.52.